The number of para-hydroxylation sites is 3. The van der Waals surface area contributed by atoms with Crippen molar-refractivity contribution in [3.63, 3.8) is 0 Å². The van der Waals surface area contributed by atoms with Crippen molar-refractivity contribution in [2.45, 2.75) is 0 Å². The topological polar surface area (TPSA) is 48.5 Å². The second-order valence-corrected chi connectivity index (χ2v) is 15.6. The molecular formula is C57H37N5. The highest BCUT2D eigenvalue weighted by molar-refractivity contribution is 6.26. The predicted molar refractivity (Wildman–Crippen MR) is 256 cm³/mol. The first-order chi connectivity index (χ1) is 30.8. The molecule has 5 nitrogen and oxygen atoms in total. The van der Waals surface area contributed by atoms with Crippen molar-refractivity contribution in [3.05, 3.63) is 224 Å². The number of rotatable bonds is 7. The summed E-state index contributed by atoms with van der Waals surface area (Å²) < 4.78 is 4.69. The summed E-state index contributed by atoms with van der Waals surface area (Å²) in [6.45, 7) is 0. The summed E-state index contributed by atoms with van der Waals surface area (Å²) in [4.78, 5) is 15.9. The van der Waals surface area contributed by atoms with E-state index in [1.54, 1.807) is 0 Å². The van der Waals surface area contributed by atoms with Crippen LogP contribution in [-0.2, 0) is 0 Å². The fraction of sp³-hybridized carbons (Fsp3) is 0. The van der Waals surface area contributed by atoms with Crippen LogP contribution in [0.4, 0.5) is 0 Å². The van der Waals surface area contributed by atoms with Crippen LogP contribution in [0.1, 0.15) is 0 Å². The maximum Gasteiger partial charge on any atom is 0.238 e. The third kappa shape index (κ3) is 5.90. The van der Waals surface area contributed by atoms with E-state index in [0.717, 1.165) is 82.7 Å². The molecule has 0 saturated carbocycles. The molecule has 12 rings (SSSR count). The van der Waals surface area contributed by atoms with Gasteiger partial charge in [-0.3, -0.25) is 4.57 Å². The van der Waals surface area contributed by atoms with E-state index >= 15 is 0 Å². The Kier molecular flexibility index (Phi) is 8.42. The van der Waals surface area contributed by atoms with E-state index in [1.165, 1.54) is 11.1 Å². The van der Waals surface area contributed by atoms with Gasteiger partial charge in [0, 0.05) is 38.2 Å². The Balaban J connectivity index is 1.12. The second kappa shape index (κ2) is 14.7. The van der Waals surface area contributed by atoms with E-state index in [0.29, 0.717) is 17.6 Å². The molecule has 0 bridgehead atoms. The molecule has 0 saturated heterocycles. The molecular weight excluding hydrogens is 755 g/mol. The fourth-order valence-corrected chi connectivity index (χ4v) is 9.14. The third-order valence-electron chi connectivity index (χ3n) is 12.0. The molecule has 0 unspecified atom stereocenters. The Morgan fingerprint density at radius 3 is 1.53 bits per heavy atom. The first-order valence-corrected chi connectivity index (χ1v) is 21.0. The van der Waals surface area contributed by atoms with Crippen LogP contribution in [0.25, 0.3) is 111 Å². The highest BCUT2D eigenvalue weighted by Crippen LogP contribution is 2.43. The zero-order valence-electron chi connectivity index (χ0n) is 33.6. The first kappa shape index (κ1) is 35.5. The monoisotopic (exact) mass is 791 g/mol. The van der Waals surface area contributed by atoms with Crippen LogP contribution in [0.15, 0.2) is 224 Å². The molecule has 290 valence electrons. The van der Waals surface area contributed by atoms with E-state index in [1.807, 2.05) is 24.3 Å². The maximum absolute atomic E-state index is 5.38. The van der Waals surface area contributed by atoms with Gasteiger partial charge in [0.15, 0.2) is 11.6 Å². The number of nitrogens with zero attached hydrogens (tertiary/aromatic N) is 5. The number of hydrogen-bond acceptors (Lipinski definition) is 3. The van der Waals surface area contributed by atoms with E-state index < -0.39 is 0 Å². The number of benzene rings is 9. The van der Waals surface area contributed by atoms with Gasteiger partial charge in [-0.1, -0.05) is 194 Å². The van der Waals surface area contributed by atoms with Crippen LogP contribution in [0.5, 0.6) is 0 Å². The number of fused-ring (bicyclic) bond motifs is 7. The van der Waals surface area contributed by atoms with Gasteiger partial charge in [0.25, 0.3) is 0 Å². The molecule has 9 aromatic carbocycles. The van der Waals surface area contributed by atoms with E-state index in [4.69, 9.17) is 15.0 Å². The summed E-state index contributed by atoms with van der Waals surface area (Å²) in [6, 6.07) is 79.2. The lowest BCUT2D eigenvalue weighted by Gasteiger charge is -2.15. The molecule has 0 spiro atoms. The third-order valence-corrected chi connectivity index (χ3v) is 12.0. The number of hydrogen-bond donors (Lipinski definition) is 0. The minimum atomic E-state index is 0.563. The average molecular weight is 792 g/mol. The zero-order valence-corrected chi connectivity index (χ0v) is 33.6. The predicted octanol–water partition coefficient (Wildman–Crippen LogP) is 14.4. The summed E-state index contributed by atoms with van der Waals surface area (Å²) in [5, 5.41) is 4.56. The minimum Gasteiger partial charge on any atom is -0.309 e. The highest BCUT2D eigenvalue weighted by atomic mass is 15.2. The first-order valence-electron chi connectivity index (χ1n) is 21.0. The second-order valence-electron chi connectivity index (χ2n) is 15.6. The Morgan fingerprint density at radius 1 is 0.290 bits per heavy atom. The quantitative estimate of drug-likeness (QED) is 0.162. The average Bonchev–Trinajstić information content (AvgIpc) is 3.88. The maximum atomic E-state index is 5.38. The molecule has 0 fully saturated rings. The number of aromatic nitrogens is 5. The molecule has 12 aromatic rings. The van der Waals surface area contributed by atoms with Crippen LogP contribution in [-0.4, -0.2) is 24.1 Å². The van der Waals surface area contributed by atoms with Crippen LogP contribution in [0.3, 0.4) is 0 Å². The van der Waals surface area contributed by atoms with Crippen molar-refractivity contribution >= 4 is 43.6 Å². The van der Waals surface area contributed by atoms with Gasteiger partial charge in [-0.15, -0.1) is 0 Å². The largest absolute Gasteiger partial charge is 0.309 e. The lowest BCUT2D eigenvalue weighted by Crippen LogP contribution is -2.06. The highest BCUT2D eigenvalue weighted by Gasteiger charge is 2.24. The van der Waals surface area contributed by atoms with Crippen LogP contribution in [0, 0.1) is 0 Å². The summed E-state index contributed by atoms with van der Waals surface area (Å²) in [6.07, 6.45) is 0. The van der Waals surface area contributed by atoms with Gasteiger partial charge in [0.2, 0.25) is 5.95 Å². The Bertz CT molecular complexity index is 3610. The summed E-state index contributed by atoms with van der Waals surface area (Å²) in [7, 11) is 0. The molecule has 0 aliphatic carbocycles. The van der Waals surface area contributed by atoms with Gasteiger partial charge < -0.3 is 4.57 Å². The fourth-order valence-electron chi connectivity index (χ4n) is 9.14. The standard InChI is InChI=1S/C57H37N5/c1-4-17-38(18-5-1)40-31-33-41(34-32-40)45-25-10-13-28-49(45)61-51-30-15-12-27-48(51)53-52(61)36-35-47-46-26-11-14-29-50(46)62(54(47)53)57-59-55(42-21-8-3-9-22-42)58-56(60-57)44-24-16-23-43(37-44)39-19-6-2-7-20-39/h1-37H. The van der Waals surface area contributed by atoms with Gasteiger partial charge in [-0.25, -0.2) is 4.98 Å². The molecule has 0 amide bonds. The summed E-state index contributed by atoms with van der Waals surface area (Å²) >= 11 is 0. The smallest absolute Gasteiger partial charge is 0.238 e. The van der Waals surface area contributed by atoms with Gasteiger partial charge in [0.1, 0.15) is 0 Å². The van der Waals surface area contributed by atoms with Gasteiger partial charge >= 0.3 is 0 Å². The molecule has 62 heavy (non-hydrogen) atoms. The molecule has 0 radical (unpaired) electrons. The van der Waals surface area contributed by atoms with E-state index in [9.17, 15) is 0 Å². The molecule has 3 aromatic heterocycles. The zero-order chi connectivity index (χ0) is 41.0. The van der Waals surface area contributed by atoms with Crippen LogP contribution in [0.2, 0.25) is 0 Å². The molecule has 3 heterocycles. The van der Waals surface area contributed by atoms with E-state index in [-0.39, 0.29) is 0 Å². The van der Waals surface area contributed by atoms with Crippen molar-refractivity contribution in [1.29, 1.82) is 0 Å². The molecule has 0 aliphatic rings. The van der Waals surface area contributed by atoms with E-state index in [2.05, 4.69) is 209 Å². The Hall–Kier alpha value is -8.41. The van der Waals surface area contributed by atoms with Crippen molar-refractivity contribution < 1.29 is 0 Å². The molecule has 0 N–H and O–H groups in total. The van der Waals surface area contributed by atoms with Crippen molar-refractivity contribution in [3.8, 4) is 67.8 Å². The van der Waals surface area contributed by atoms with Crippen molar-refractivity contribution in [1.82, 2.24) is 24.1 Å². The molecule has 0 atom stereocenters. The lowest BCUT2D eigenvalue weighted by molar-refractivity contribution is 0.955. The Morgan fingerprint density at radius 2 is 0.806 bits per heavy atom. The summed E-state index contributed by atoms with van der Waals surface area (Å²) in [5.74, 6) is 1.79. The molecule has 5 heteroatoms. The van der Waals surface area contributed by atoms with Crippen LogP contribution < -0.4 is 0 Å². The van der Waals surface area contributed by atoms with Gasteiger partial charge in [0.05, 0.1) is 27.8 Å². The van der Waals surface area contributed by atoms with Gasteiger partial charge in [-0.2, -0.15) is 9.97 Å². The Labute approximate surface area is 358 Å². The van der Waals surface area contributed by atoms with Crippen molar-refractivity contribution in [2.75, 3.05) is 0 Å². The van der Waals surface area contributed by atoms with Crippen molar-refractivity contribution in [2.24, 2.45) is 0 Å². The molecule has 0 aliphatic heterocycles. The van der Waals surface area contributed by atoms with Crippen LogP contribution >= 0.6 is 0 Å². The minimum absolute atomic E-state index is 0.563. The van der Waals surface area contributed by atoms with Gasteiger partial charge in [-0.05, 0) is 58.1 Å². The normalized spacial score (nSPS) is 11.5. The lowest BCUT2D eigenvalue weighted by atomic mass is 9.99. The summed E-state index contributed by atoms with van der Waals surface area (Å²) in [5.41, 5.74) is 14.2. The SMILES string of the molecule is c1ccc(-c2ccc(-c3ccccc3-n3c4ccccc4c4c3ccc3c5ccccc5n(-c5nc(-c6ccccc6)nc(-c6cccc(-c7ccccc7)c6)n5)c34)cc2)cc1.